The van der Waals surface area contributed by atoms with Gasteiger partial charge in [-0.1, -0.05) is 20.8 Å². The van der Waals surface area contributed by atoms with E-state index in [4.69, 9.17) is 4.98 Å². The number of pyridine rings is 1. The van der Waals surface area contributed by atoms with Gasteiger partial charge in [0, 0.05) is 75.1 Å². The van der Waals surface area contributed by atoms with Gasteiger partial charge < -0.3 is 15.1 Å². The molecule has 2 aliphatic heterocycles. The van der Waals surface area contributed by atoms with Gasteiger partial charge in [-0.3, -0.25) is 9.69 Å². The molecule has 0 aromatic carbocycles. The van der Waals surface area contributed by atoms with E-state index in [2.05, 4.69) is 51.9 Å². The van der Waals surface area contributed by atoms with Gasteiger partial charge in [0.2, 0.25) is 5.91 Å². The molecule has 0 bridgehead atoms. The summed E-state index contributed by atoms with van der Waals surface area (Å²) in [5, 5.41) is 3.08. The number of halogens is 3. The summed E-state index contributed by atoms with van der Waals surface area (Å²) < 4.78 is 38.3. The molecule has 0 radical (unpaired) electrons. The fourth-order valence-corrected chi connectivity index (χ4v) is 5.18. The van der Waals surface area contributed by atoms with Crippen molar-refractivity contribution < 1.29 is 18.0 Å². The second-order valence-electron chi connectivity index (χ2n) is 11.9. The van der Waals surface area contributed by atoms with E-state index >= 15 is 0 Å². The highest BCUT2D eigenvalue weighted by atomic mass is 19.4. The Labute approximate surface area is 235 Å². The Balaban J connectivity index is 1.10. The number of aromatic nitrogens is 3. The second-order valence-corrected chi connectivity index (χ2v) is 11.9. The zero-order chi connectivity index (χ0) is 28.9. The number of amides is 1. The first-order valence-electron chi connectivity index (χ1n) is 14.3. The van der Waals surface area contributed by atoms with Crippen LogP contribution in [0.1, 0.15) is 63.5 Å². The minimum atomic E-state index is -4.39. The van der Waals surface area contributed by atoms with Gasteiger partial charge in [-0.25, -0.2) is 15.0 Å². The molecule has 0 saturated carbocycles. The average Bonchev–Trinajstić information content (AvgIpc) is 2.92. The number of anilines is 2. The van der Waals surface area contributed by atoms with Crippen LogP contribution in [0.4, 0.5) is 24.8 Å². The predicted octanol–water partition coefficient (Wildman–Crippen LogP) is 4.43. The molecule has 1 amide bonds. The molecule has 2 aromatic heterocycles. The first kappa shape index (κ1) is 30.0. The van der Waals surface area contributed by atoms with E-state index in [0.717, 1.165) is 75.2 Å². The third-order valence-electron chi connectivity index (χ3n) is 7.67. The Morgan fingerprint density at radius 2 is 1.62 bits per heavy atom. The highest BCUT2D eigenvalue weighted by molar-refractivity contribution is 5.78. The molecule has 220 valence electrons. The van der Waals surface area contributed by atoms with Gasteiger partial charge in [-0.05, 0) is 51.3 Å². The SMILES string of the molecule is Cc1cc(N2CCN(CCCCNC(=O)C3CCN(c4ccc(C(F)(F)F)cn4)CC3)CC2)nc(C(C)(C)C)n1. The van der Waals surface area contributed by atoms with Gasteiger partial charge in [-0.2, -0.15) is 13.2 Å². The number of unbranched alkanes of at least 4 members (excludes halogenated alkanes) is 1. The normalized spacial score (nSPS) is 17.8. The molecule has 0 atom stereocenters. The van der Waals surface area contributed by atoms with Crippen LogP contribution in [0.25, 0.3) is 0 Å². The Hall–Kier alpha value is -2.95. The number of aryl methyl sites for hydroxylation is 1. The van der Waals surface area contributed by atoms with Crippen LogP contribution >= 0.6 is 0 Å². The average molecular weight is 562 g/mol. The van der Waals surface area contributed by atoms with Crippen LogP contribution in [-0.2, 0) is 16.4 Å². The molecule has 0 aliphatic carbocycles. The lowest BCUT2D eigenvalue weighted by molar-refractivity contribution is -0.137. The van der Waals surface area contributed by atoms with Gasteiger partial charge in [-0.15, -0.1) is 0 Å². The molecular weight excluding hydrogens is 519 g/mol. The number of nitrogens with zero attached hydrogens (tertiary/aromatic N) is 6. The molecular formula is C29H42F3N7O. The van der Waals surface area contributed by atoms with Crippen LogP contribution in [0, 0.1) is 12.8 Å². The molecule has 2 aliphatic rings. The minimum absolute atomic E-state index is 0.0667. The Bertz CT molecular complexity index is 1120. The Morgan fingerprint density at radius 3 is 2.23 bits per heavy atom. The molecule has 40 heavy (non-hydrogen) atoms. The van der Waals surface area contributed by atoms with E-state index in [9.17, 15) is 18.0 Å². The minimum Gasteiger partial charge on any atom is -0.357 e. The van der Waals surface area contributed by atoms with Crippen molar-refractivity contribution in [3.63, 3.8) is 0 Å². The van der Waals surface area contributed by atoms with Crippen molar-refractivity contribution in [2.45, 2.75) is 65.0 Å². The van der Waals surface area contributed by atoms with E-state index in [1.54, 1.807) is 0 Å². The molecule has 1 N–H and O–H groups in total. The number of nitrogens with one attached hydrogen (secondary N) is 1. The van der Waals surface area contributed by atoms with Crippen LogP contribution in [-0.4, -0.2) is 78.1 Å². The van der Waals surface area contributed by atoms with Gasteiger partial charge >= 0.3 is 6.18 Å². The van der Waals surface area contributed by atoms with Crippen molar-refractivity contribution in [2.24, 2.45) is 5.92 Å². The van der Waals surface area contributed by atoms with E-state index < -0.39 is 11.7 Å². The van der Waals surface area contributed by atoms with Gasteiger partial charge in [0.25, 0.3) is 0 Å². The summed E-state index contributed by atoms with van der Waals surface area (Å²) in [6, 6.07) is 4.54. The summed E-state index contributed by atoms with van der Waals surface area (Å²) in [6.45, 7) is 15.2. The third kappa shape index (κ3) is 8.05. The fourth-order valence-electron chi connectivity index (χ4n) is 5.18. The molecule has 4 rings (SSSR count). The topological polar surface area (TPSA) is 77.5 Å². The van der Waals surface area contributed by atoms with Crippen molar-refractivity contribution >= 4 is 17.5 Å². The summed E-state index contributed by atoms with van der Waals surface area (Å²) in [7, 11) is 0. The third-order valence-corrected chi connectivity index (χ3v) is 7.67. The summed E-state index contributed by atoms with van der Waals surface area (Å²) in [5.41, 5.74) is 0.170. The van der Waals surface area contributed by atoms with Crippen LogP contribution in [0.5, 0.6) is 0 Å². The molecule has 8 nitrogen and oxygen atoms in total. The first-order chi connectivity index (χ1) is 18.9. The highest BCUT2D eigenvalue weighted by Gasteiger charge is 2.31. The molecule has 2 saturated heterocycles. The number of hydrogen-bond acceptors (Lipinski definition) is 7. The lowest BCUT2D eigenvalue weighted by atomic mass is 9.95. The molecule has 0 unspecified atom stereocenters. The number of piperidine rings is 1. The second kappa shape index (κ2) is 12.7. The van der Waals surface area contributed by atoms with Crippen LogP contribution in [0.15, 0.2) is 24.4 Å². The Morgan fingerprint density at radius 1 is 0.950 bits per heavy atom. The van der Waals surface area contributed by atoms with Gasteiger partial charge in [0.05, 0.1) is 5.56 Å². The van der Waals surface area contributed by atoms with Crippen molar-refractivity contribution in [1.29, 1.82) is 0 Å². The smallest absolute Gasteiger partial charge is 0.357 e. The molecule has 2 aromatic rings. The summed E-state index contributed by atoms with van der Waals surface area (Å²) >= 11 is 0. The number of rotatable bonds is 8. The van der Waals surface area contributed by atoms with Crippen molar-refractivity contribution in [3.8, 4) is 0 Å². The maximum atomic E-state index is 12.8. The first-order valence-corrected chi connectivity index (χ1v) is 14.3. The number of piperazine rings is 1. The van der Waals surface area contributed by atoms with E-state index in [-0.39, 0.29) is 17.2 Å². The summed E-state index contributed by atoms with van der Waals surface area (Å²) in [6.07, 6.45) is -0.224. The number of carbonyl (C=O) groups is 1. The standard InChI is InChI=1S/C29H42F3N7O/c1-21-19-25(36-27(35-21)28(2,3)4)39-17-15-37(16-18-39)12-6-5-11-33-26(40)22-9-13-38(14-10-22)24-8-7-23(20-34-24)29(30,31)32/h7-8,19-20,22H,5-6,9-18H2,1-4H3,(H,33,40). The summed E-state index contributed by atoms with van der Waals surface area (Å²) in [4.78, 5) is 32.8. The van der Waals surface area contributed by atoms with Crippen molar-refractivity contribution in [1.82, 2.24) is 25.2 Å². The largest absolute Gasteiger partial charge is 0.417 e. The quantitative estimate of drug-likeness (QED) is 0.478. The molecule has 11 heteroatoms. The Kier molecular flexibility index (Phi) is 9.53. The monoisotopic (exact) mass is 561 g/mol. The molecule has 2 fully saturated rings. The van der Waals surface area contributed by atoms with Crippen LogP contribution in [0.2, 0.25) is 0 Å². The van der Waals surface area contributed by atoms with Crippen molar-refractivity contribution in [3.05, 3.63) is 41.5 Å². The lowest BCUT2D eigenvalue weighted by Gasteiger charge is -2.36. The number of hydrogen-bond donors (Lipinski definition) is 1. The molecule has 0 spiro atoms. The zero-order valence-electron chi connectivity index (χ0n) is 24.1. The predicted molar refractivity (Wildman–Crippen MR) is 151 cm³/mol. The van der Waals surface area contributed by atoms with Gasteiger partial charge in [0.15, 0.2) is 0 Å². The fraction of sp³-hybridized carbons (Fsp3) is 0.655. The lowest BCUT2D eigenvalue weighted by Crippen LogP contribution is -2.47. The van der Waals surface area contributed by atoms with Crippen molar-refractivity contribution in [2.75, 3.05) is 62.2 Å². The van der Waals surface area contributed by atoms with E-state index in [1.807, 2.05) is 11.8 Å². The van der Waals surface area contributed by atoms with Gasteiger partial charge in [0.1, 0.15) is 17.5 Å². The maximum absolute atomic E-state index is 12.8. The van der Waals surface area contributed by atoms with E-state index in [0.29, 0.717) is 38.3 Å². The highest BCUT2D eigenvalue weighted by Crippen LogP contribution is 2.30. The van der Waals surface area contributed by atoms with Crippen LogP contribution in [0.3, 0.4) is 0 Å². The van der Waals surface area contributed by atoms with E-state index in [1.165, 1.54) is 6.07 Å². The molecule has 4 heterocycles. The zero-order valence-corrected chi connectivity index (χ0v) is 24.1. The summed E-state index contributed by atoms with van der Waals surface area (Å²) in [5.74, 6) is 2.43. The van der Waals surface area contributed by atoms with Crippen LogP contribution < -0.4 is 15.1 Å². The number of carbonyl (C=O) groups excluding carboxylic acids is 1. The maximum Gasteiger partial charge on any atom is 0.417 e. The number of alkyl halides is 3.